The van der Waals surface area contributed by atoms with Gasteiger partial charge in [0.05, 0.1) is 12.2 Å². The van der Waals surface area contributed by atoms with Crippen LogP contribution in [0.4, 0.5) is 0 Å². The molecule has 1 heterocycles. The van der Waals surface area contributed by atoms with Crippen LogP contribution in [0.3, 0.4) is 0 Å². The molecule has 1 saturated heterocycles. The van der Waals surface area contributed by atoms with Crippen LogP contribution in [0.2, 0.25) is 0 Å². The van der Waals surface area contributed by atoms with Crippen LogP contribution in [0.5, 0.6) is 0 Å². The molecule has 0 N–H and O–H groups in total. The Hall–Kier alpha value is 0.650. The molecule has 17 heavy (non-hydrogen) atoms. The summed E-state index contributed by atoms with van der Waals surface area (Å²) in [4.78, 5) is 0. The fraction of sp³-hybridized carbons (Fsp3) is 1.00. The molecule has 0 aromatic heterocycles. The monoisotopic (exact) mass is 352 g/mol. The van der Waals surface area contributed by atoms with E-state index in [-0.39, 0.29) is 5.60 Å². The fourth-order valence-electron chi connectivity index (χ4n) is 2.81. The topological polar surface area (TPSA) is 18.5 Å². The predicted molar refractivity (Wildman–Crippen MR) is 78.7 cm³/mol. The molecule has 1 saturated carbocycles. The maximum Gasteiger partial charge on any atom is 0.0771 e. The highest BCUT2D eigenvalue weighted by Crippen LogP contribution is 2.36. The Morgan fingerprint density at radius 3 is 2.41 bits per heavy atom. The first-order valence-electron chi connectivity index (χ1n) is 7.02. The van der Waals surface area contributed by atoms with Crippen LogP contribution in [0.25, 0.3) is 0 Å². The highest BCUT2D eigenvalue weighted by Gasteiger charge is 2.34. The van der Waals surface area contributed by atoms with Gasteiger partial charge in [0, 0.05) is 17.6 Å². The molecule has 100 valence electrons. The average Bonchev–Trinajstić information content (AvgIpc) is 2.40. The van der Waals surface area contributed by atoms with Crippen molar-refractivity contribution < 1.29 is 9.47 Å². The standard InChI is InChI=1S/C14H25IO2/c1-12-2-6-14(11-15,7-3-12)17-10-13-4-8-16-9-5-13/h12-13H,2-11H2,1H3. The average molecular weight is 352 g/mol. The maximum absolute atomic E-state index is 6.34. The van der Waals surface area contributed by atoms with Gasteiger partial charge in [-0.1, -0.05) is 29.5 Å². The second kappa shape index (κ2) is 6.71. The molecule has 0 unspecified atom stereocenters. The van der Waals surface area contributed by atoms with Crippen molar-refractivity contribution in [1.82, 2.24) is 0 Å². The van der Waals surface area contributed by atoms with Crippen molar-refractivity contribution in [3.63, 3.8) is 0 Å². The van der Waals surface area contributed by atoms with Gasteiger partial charge in [0.15, 0.2) is 0 Å². The molecule has 0 aromatic rings. The maximum atomic E-state index is 6.34. The van der Waals surface area contributed by atoms with E-state index in [0.29, 0.717) is 0 Å². The Morgan fingerprint density at radius 2 is 1.82 bits per heavy atom. The van der Waals surface area contributed by atoms with Crippen molar-refractivity contribution in [3.05, 3.63) is 0 Å². The second-order valence-electron chi connectivity index (χ2n) is 5.87. The summed E-state index contributed by atoms with van der Waals surface area (Å²) in [5.74, 6) is 1.64. The number of hydrogen-bond donors (Lipinski definition) is 0. The quantitative estimate of drug-likeness (QED) is 0.566. The molecule has 2 rings (SSSR count). The summed E-state index contributed by atoms with van der Waals surface area (Å²) in [6, 6.07) is 0. The minimum atomic E-state index is 0.200. The van der Waals surface area contributed by atoms with Gasteiger partial charge in [-0.05, 0) is 50.4 Å². The molecule has 2 nitrogen and oxygen atoms in total. The molecule has 2 fully saturated rings. The van der Waals surface area contributed by atoms with Gasteiger partial charge < -0.3 is 9.47 Å². The molecule has 0 radical (unpaired) electrons. The van der Waals surface area contributed by atoms with Crippen LogP contribution < -0.4 is 0 Å². The fourth-order valence-corrected chi connectivity index (χ4v) is 3.80. The molecule has 1 aliphatic heterocycles. The van der Waals surface area contributed by atoms with Crippen LogP contribution in [0.15, 0.2) is 0 Å². The zero-order valence-corrected chi connectivity index (χ0v) is 13.1. The van der Waals surface area contributed by atoms with Gasteiger partial charge in [-0.2, -0.15) is 0 Å². The van der Waals surface area contributed by atoms with Gasteiger partial charge in [0.25, 0.3) is 0 Å². The Balaban J connectivity index is 1.78. The summed E-state index contributed by atoms with van der Waals surface area (Å²) in [5, 5.41) is 0. The van der Waals surface area contributed by atoms with Crippen molar-refractivity contribution in [3.8, 4) is 0 Å². The van der Waals surface area contributed by atoms with E-state index in [2.05, 4.69) is 29.5 Å². The molecule has 1 aliphatic carbocycles. The summed E-state index contributed by atoms with van der Waals surface area (Å²) in [6.45, 7) is 5.20. The zero-order valence-electron chi connectivity index (χ0n) is 10.9. The Labute approximate surface area is 119 Å². The van der Waals surface area contributed by atoms with Gasteiger partial charge in [0.1, 0.15) is 0 Å². The molecule has 2 aliphatic rings. The SMILES string of the molecule is CC1CCC(CI)(OCC2CCOCC2)CC1. The van der Waals surface area contributed by atoms with Gasteiger partial charge in [-0.3, -0.25) is 0 Å². The largest absolute Gasteiger partial charge is 0.381 e. The molecule has 0 bridgehead atoms. The summed E-state index contributed by atoms with van der Waals surface area (Å²) >= 11 is 2.51. The van der Waals surface area contributed by atoms with E-state index in [4.69, 9.17) is 9.47 Å². The number of rotatable bonds is 4. The third kappa shape index (κ3) is 4.06. The molecule has 3 heteroatoms. The van der Waals surface area contributed by atoms with E-state index in [1.807, 2.05) is 0 Å². The Kier molecular flexibility index (Phi) is 5.55. The number of alkyl halides is 1. The molecular formula is C14H25IO2. The van der Waals surface area contributed by atoms with Crippen molar-refractivity contribution in [2.24, 2.45) is 11.8 Å². The highest BCUT2D eigenvalue weighted by molar-refractivity contribution is 14.1. The molecule has 0 spiro atoms. The lowest BCUT2D eigenvalue weighted by molar-refractivity contribution is -0.0837. The van der Waals surface area contributed by atoms with E-state index >= 15 is 0 Å². The van der Waals surface area contributed by atoms with Gasteiger partial charge in [-0.15, -0.1) is 0 Å². The first kappa shape index (κ1) is 14.1. The molecule has 0 atom stereocenters. The van der Waals surface area contributed by atoms with E-state index < -0.39 is 0 Å². The smallest absolute Gasteiger partial charge is 0.0771 e. The van der Waals surface area contributed by atoms with Crippen molar-refractivity contribution in [2.75, 3.05) is 24.2 Å². The Morgan fingerprint density at radius 1 is 1.18 bits per heavy atom. The number of hydrogen-bond acceptors (Lipinski definition) is 2. The van der Waals surface area contributed by atoms with Crippen molar-refractivity contribution in [2.45, 2.75) is 51.0 Å². The van der Waals surface area contributed by atoms with Crippen LogP contribution in [-0.2, 0) is 9.47 Å². The van der Waals surface area contributed by atoms with Crippen LogP contribution >= 0.6 is 22.6 Å². The number of ether oxygens (including phenoxy) is 2. The first-order chi connectivity index (χ1) is 8.24. The lowest BCUT2D eigenvalue weighted by Gasteiger charge is -2.39. The Bertz CT molecular complexity index is 218. The molecular weight excluding hydrogens is 327 g/mol. The summed E-state index contributed by atoms with van der Waals surface area (Å²) in [5.41, 5.74) is 0.200. The zero-order chi connectivity index (χ0) is 12.1. The molecule has 0 aromatic carbocycles. The van der Waals surface area contributed by atoms with Crippen LogP contribution in [0.1, 0.15) is 45.4 Å². The summed E-state index contributed by atoms with van der Waals surface area (Å²) in [7, 11) is 0. The van der Waals surface area contributed by atoms with Crippen LogP contribution in [0, 0.1) is 11.8 Å². The predicted octanol–water partition coefficient (Wildman–Crippen LogP) is 3.81. The lowest BCUT2D eigenvalue weighted by atomic mass is 9.80. The summed E-state index contributed by atoms with van der Waals surface area (Å²) in [6.07, 6.45) is 7.59. The van der Waals surface area contributed by atoms with Crippen molar-refractivity contribution >= 4 is 22.6 Å². The third-order valence-electron chi connectivity index (χ3n) is 4.40. The summed E-state index contributed by atoms with van der Waals surface area (Å²) < 4.78 is 12.9. The van der Waals surface area contributed by atoms with Gasteiger partial charge in [-0.25, -0.2) is 0 Å². The van der Waals surface area contributed by atoms with E-state index in [0.717, 1.165) is 36.1 Å². The highest BCUT2D eigenvalue weighted by atomic mass is 127. The first-order valence-corrected chi connectivity index (χ1v) is 8.54. The normalized spacial score (nSPS) is 36.0. The minimum Gasteiger partial charge on any atom is -0.381 e. The lowest BCUT2D eigenvalue weighted by Crippen LogP contribution is -2.40. The number of halogens is 1. The van der Waals surface area contributed by atoms with E-state index in [1.54, 1.807) is 0 Å². The minimum absolute atomic E-state index is 0.200. The van der Waals surface area contributed by atoms with Gasteiger partial charge >= 0.3 is 0 Å². The molecule has 0 amide bonds. The van der Waals surface area contributed by atoms with Crippen molar-refractivity contribution in [1.29, 1.82) is 0 Å². The van der Waals surface area contributed by atoms with Gasteiger partial charge in [0.2, 0.25) is 0 Å². The van der Waals surface area contributed by atoms with E-state index in [1.165, 1.54) is 38.5 Å². The van der Waals surface area contributed by atoms with Crippen LogP contribution in [-0.4, -0.2) is 29.8 Å². The van der Waals surface area contributed by atoms with E-state index in [9.17, 15) is 0 Å². The second-order valence-corrected chi connectivity index (χ2v) is 6.63. The third-order valence-corrected chi connectivity index (χ3v) is 5.79.